The Morgan fingerprint density at radius 1 is 1.44 bits per heavy atom. The van der Waals surface area contributed by atoms with E-state index in [1.54, 1.807) is 13.0 Å². The molecule has 88 valence electrons. The van der Waals surface area contributed by atoms with Gasteiger partial charge in [0, 0.05) is 6.42 Å². The van der Waals surface area contributed by atoms with Crippen LogP contribution in [-0.4, -0.2) is 12.4 Å². The SMILES string of the molecule is CC(=O)CCCCOc1c(F)cccc1Cl. The first kappa shape index (κ1) is 13.0. The molecule has 0 amide bonds. The number of hydrogen-bond donors (Lipinski definition) is 0. The Morgan fingerprint density at radius 3 is 2.81 bits per heavy atom. The van der Waals surface area contributed by atoms with E-state index in [1.165, 1.54) is 12.1 Å². The van der Waals surface area contributed by atoms with Gasteiger partial charge in [0.05, 0.1) is 11.6 Å². The maximum atomic E-state index is 13.2. The summed E-state index contributed by atoms with van der Waals surface area (Å²) in [6.45, 7) is 1.92. The highest BCUT2D eigenvalue weighted by molar-refractivity contribution is 6.32. The first-order valence-electron chi connectivity index (χ1n) is 5.17. The van der Waals surface area contributed by atoms with Crippen molar-refractivity contribution in [1.29, 1.82) is 0 Å². The van der Waals surface area contributed by atoms with E-state index < -0.39 is 5.82 Å². The molecule has 16 heavy (non-hydrogen) atoms. The summed E-state index contributed by atoms with van der Waals surface area (Å²) in [5.74, 6) is -0.213. The van der Waals surface area contributed by atoms with Crippen LogP contribution in [0.3, 0.4) is 0 Å². The van der Waals surface area contributed by atoms with Crippen molar-refractivity contribution in [2.24, 2.45) is 0 Å². The molecule has 0 unspecified atom stereocenters. The molecular weight excluding hydrogens is 231 g/mol. The minimum Gasteiger partial charge on any atom is -0.489 e. The van der Waals surface area contributed by atoms with E-state index in [4.69, 9.17) is 16.3 Å². The molecule has 0 saturated heterocycles. The van der Waals surface area contributed by atoms with Gasteiger partial charge in [0.15, 0.2) is 11.6 Å². The summed E-state index contributed by atoms with van der Waals surface area (Å²) >= 11 is 5.77. The van der Waals surface area contributed by atoms with E-state index in [0.717, 1.165) is 6.42 Å². The lowest BCUT2D eigenvalue weighted by Gasteiger charge is -2.08. The van der Waals surface area contributed by atoms with Gasteiger partial charge >= 0.3 is 0 Å². The van der Waals surface area contributed by atoms with Crippen molar-refractivity contribution in [3.63, 3.8) is 0 Å². The first-order chi connectivity index (χ1) is 7.61. The van der Waals surface area contributed by atoms with Crippen LogP contribution in [0.15, 0.2) is 18.2 Å². The molecule has 0 aromatic heterocycles. The van der Waals surface area contributed by atoms with Gasteiger partial charge in [-0.3, -0.25) is 0 Å². The number of halogens is 2. The van der Waals surface area contributed by atoms with Gasteiger partial charge in [-0.25, -0.2) is 4.39 Å². The number of benzene rings is 1. The Kier molecular flexibility index (Phi) is 5.26. The lowest BCUT2D eigenvalue weighted by molar-refractivity contribution is -0.117. The molecule has 1 rings (SSSR count). The van der Waals surface area contributed by atoms with Crippen molar-refractivity contribution in [3.8, 4) is 5.75 Å². The summed E-state index contributed by atoms with van der Waals surface area (Å²) in [6.07, 6.45) is 2.00. The van der Waals surface area contributed by atoms with Gasteiger partial charge in [-0.05, 0) is 31.9 Å². The number of unbranched alkanes of at least 4 members (excludes halogenated alkanes) is 1. The van der Waals surface area contributed by atoms with E-state index in [-0.39, 0.29) is 16.6 Å². The molecule has 0 spiro atoms. The molecule has 0 bridgehead atoms. The zero-order chi connectivity index (χ0) is 12.0. The van der Waals surface area contributed by atoms with Crippen molar-refractivity contribution >= 4 is 17.4 Å². The second-order valence-corrected chi connectivity index (χ2v) is 3.97. The van der Waals surface area contributed by atoms with Gasteiger partial charge in [0.2, 0.25) is 0 Å². The number of para-hydroxylation sites is 1. The highest BCUT2D eigenvalue weighted by atomic mass is 35.5. The van der Waals surface area contributed by atoms with E-state index >= 15 is 0 Å². The third-order valence-corrected chi connectivity index (χ3v) is 2.39. The number of ether oxygens (including phenoxy) is 1. The Morgan fingerprint density at radius 2 is 2.19 bits per heavy atom. The fourth-order valence-electron chi connectivity index (χ4n) is 1.27. The zero-order valence-corrected chi connectivity index (χ0v) is 9.89. The number of hydrogen-bond acceptors (Lipinski definition) is 2. The summed E-state index contributed by atoms with van der Waals surface area (Å²) in [5.41, 5.74) is 0. The lowest BCUT2D eigenvalue weighted by atomic mass is 10.2. The molecule has 4 heteroatoms. The molecule has 2 nitrogen and oxygen atoms in total. The predicted octanol–water partition coefficient (Wildman–Crippen LogP) is 3.62. The zero-order valence-electron chi connectivity index (χ0n) is 9.13. The predicted molar refractivity (Wildman–Crippen MR) is 61.4 cm³/mol. The van der Waals surface area contributed by atoms with Crippen LogP contribution in [0.25, 0.3) is 0 Å². The van der Waals surface area contributed by atoms with Gasteiger partial charge in [-0.15, -0.1) is 0 Å². The molecular formula is C12H14ClFO2. The van der Waals surface area contributed by atoms with Crippen LogP contribution in [0.1, 0.15) is 26.2 Å². The summed E-state index contributed by atoms with van der Waals surface area (Å²) in [4.78, 5) is 10.7. The van der Waals surface area contributed by atoms with Crippen molar-refractivity contribution in [2.45, 2.75) is 26.2 Å². The summed E-state index contributed by atoms with van der Waals surface area (Å²) in [7, 11) is 0. The van der Waals surface area contributed by atoms with Crippen molar-refractivity contribution in [1.82, 2.24) is 0 Å². The van der Waals surface area contributed by atoms with E-state index in [9.17, 15) is 9.18 Å². The van der Waals surface area contributed by atoms with Gasteiger partial charge in [0.25, 0.3) is 0 Å². The lowest BCUT2D eigenvalue weighted by Crippen LogP contribution is -2.01. The second-order valence-electron chi connectivity index (χ2n) is 3.56. The second kappa shape index (κ2) is 6.48. The van der Waals surface area contributed by atoms with Crippen LogP contribution in [0.5, 0.6) is 5.75 Å². The van der Waals surface area contributed by atoms with Gasteiger partial charge in [0.1, 0.15) is 5.78 Å². The number of rotatable bonds is 6. The average molecular weight is 245 g/mol. The van der Waals surface area contributed by atoms with E-state index in [1.807, 2.05) is 0 Å². The standard InChI is InChI=1S/C12H14ClFO2/c1-9(15)5-2-3-8-16-12-10(13)6-4-7-11(12)14/h4,6-7H,2-3,5,8H2,1H3. The molecule has 1 aromatic rings. The fourth-order valence-corrected chi connectivity index (χ4v) is 1.49. The van der Waals surface area contributed by atoms with Crippen LogP contribution >= 0.6 is 11.6 Å². The maximum Gasteiger partial charge on any atom is 0.173 e. The molecule has 0 aliphatic rings. The van der Waals surface area contributed by atoms with Crippen LogP contribution in [0.2, 0.25) is 5.02 Å². The Bertz CT molecular complexity index is 346. The molecule has 0 saturated carbocycles. The normalized spacial score (nSPS) is 10.2. The largest absolute Gasteiger partial charge is 0.489 e. The Balaban J connectivity index is 2.34. The van der Waals surface area contributed by atoms with Crippen LogP contribution in [0.4, 0.5) is 4.39 Å². The first-order valence-corrected chi connectivity index (χ1v) is 5.55. The molecule has 0 aliphatic heterocycles. The number of ketones is 1. The number of carbonyl (C=O) groups is 1. The van der Waals surface area contributed by atoms with Crippen molar-refractivity contribution in [3.05, 3.63) is 29.0 Å². The third kappa shape index (κ3) is 4.19. The average Bonchev–Trinajstić information content (AvgIpc) is 2.21. The van der Waals surface area contributed by atoms with Crippen molar-refractivity contribution < 1.29 is 13.9 Å². The molecule has 0 N–H and O–H groups in total. The third-order valence-electron chi connectivity index (χ3n) is 2.09. The minimum absolute atomic E-state index is 0.0898. The number of Topliss-reactive ketones (excluding diaryl/α,β-unsaturated/α-hetero) is 1. The molecule has 0 aliphatic carbocycles. The highest BCUT2D eigenvalue weighted by Crippen LogP contribution is 2.27. The van der Waals surface area contributed by atoms with Crippen LogP contribution in [0, 0.1) is 5.82 Å². The summed E-state index contributed by atoms with van der Waals surface area (Å²) in [5, 5.41) is 0.270. The summed E-state index contributed by atoms with van der Waals surface area (Å²) < 4.78 is 18.5. The number of carbonyl (C=O) groups excluding carboxylic acids is 1. The molecule has 0 heterocycles. The van der Waals surface area contributed by atoms with E-state index in [2.05, 4.69) is 0 Å². The van der Waals surface area contributed by atoms with Gasteiger partial charge in [-0.2, -0.15) is 0 Å². The molecule has 1 aromatic carbocycles. The van der Waals surface area contributed by atoms with Gasteiger partial charge < -0.3 is 9.53 Å². The quantitative estimate of drug-likeness (QED) is 0.715. The Hall–Kier alpha value is -1.09. The van der Waals surface area contributed by atoms with Crippen LogP contribution < -0.4 is 4.74 Å². The summed E-state index contributed by atoms with van der Waals surface area (Å²) in [6, 6.07) is 4.41. The molecule has 0 atom stereocenters. The maximum absolute atomic E-state index is 13.2. The topological polar surface area (TPSA) is 26.3 Å². The smallest absolute Gasteiger partial charge is 0.173 e. The monoisotopic (exact) mass is 244 g/mol. The molecule has 0 fully saturated rings. The van der Waals surface area contributed by atoms with Gasteiger partial charge in [-0.1, -0.05) is 17.7 Å². The van der Waals surface area contributed by atoms with E-state index in [0.29, 0.717) is 19.4 Å². The Labute approximate surface area is 99.4 Å². The highest BCUT2D eigenvalue weighted by Gasteiger charge is 2.07. The molecule has 0 radical (unpaired) electrons. The van der Waals surface area contributed by atoms with Crippen LogP contribution in [-0.2, 0) is 4.79 Å². The minimum atomic E-state index is -0.459. The fraction of sp³-hybridized carbons (Fsp3) is 0.417. The van der Waals surface area contributed by atoms with Crippen molar-refractivity contribution in [2.75, 3.05) is 6.61 Å².